The number of nitrogens with zero attached hydrogens (tertiary/aromatic N) is 2. The van der Waals surface area contributed by atoms with Gasteiger partial charge in [0.25, 0.3) is 0 Å². The number of aromatic nitrogens is 1. The first-order chi connectivity index (χ1) is 9.17. The topological polar surface area (TPSA) is 60.6 Å². The molecule has 0 fully saturated rings. The number of methoxy groups -OCH3 is 2. The Morgan fingerprint density at radius 2 is 2.00 bits per heavy atom. The van der Waals surface area contributed by atoms with E-state index in [1.54, 1.807) is 14.2 Å². The molecule has 2 aromatic rings. The number of anilines is 2. The number of nitrogen functional groups attached to an aromatic ring is 1. The maximum atomic E-state index is 5.76. The van der Waals surface area contributed by atoms with Crippen LogP contribution in [-0.4, -0.2) is 25.6 Å². The van der Waals surface area contributed by atoms with Crippen LogP contribution < -0.4 is 20.1 Å². The lowest BCUT2D eigenvalue weighted by atomic mass is 10.2. The van der Waals surface area contributed by atoms with Crippen LogP contribution in [-0.2, 0) is 6.54 Å². The molecule has 1 aromatic carbocycles. The molecular weight excluding hydrogens is 262 g/mol. The highest BCUT2D eigenvalue weighted by molar-refractivity contribution is 7.11. The number of ether oxygens (including phenoxy) is 2. The summed E-state index contributed by atoms with van der Waals surface area (Å²) < 4.78 is 14.7. The van der Waals surface area contributed by atoms with Crippen molar-refractivity contribution in [2.45, 2.75) is 6.54 Å². The van der Waals surface area contributed by atoms with Gasteiger partial charge in [0.1, 0.15) is 5.75 Å². The van der Waals surface area contributed by atoms with E-state index in [1.807, 2.05) is 36.2 Å². The molecule has 0 radical (unpaired) electrons. The summed E-state index contributed by atoms with van der Waals surface area (Å²) in [6.45, 7) is 0.696. The minimum atomic E-state index is 0.425. The SMILES string of the molecule is COc1ccccc1CN(C)c1snc(N)c1OC. The van der Waals surface area contributed by atoms with Crippen LogP contribution in [0.2, 0.25) is 0 Å². The van der Waals surface area contributed by atoms with Gasteiger partial charge in [-0.25, -0.2) is 0 Å². The first-order valence-electron chi connectivity index (χ1n) is 5.79. The summed E-state index contributed by atoms with van der Waals surface area (Å²) >= 11 is 1.33. The molecule has 0 unspecified atom stereocenters. The Balaban J connectivity index is 2.23. The van der Waals surface area contributed by atoms with Gasteiger partial charge in [-0.1, -0.05) is 18.2 Å². The quantitative estimate of drug-likeness (QED) is 0.910. The second-order valence-corrected chi connectivity index (χ2v) is 4.83. The lowest BCUT2D eigenvalue weighted by Gasteiger charge is -2.19. The lowest BCUT2D eigenvalue weighted by Crippen LogP contribution is -2.16. The summed E-state index contributed by atoms with van der Waals surface area (Å²) in [6.07, 6.45) is 0. The molecule has 6 heteroatoms. The van der Waals surface area contributed by atoms with Gasteiger partial charge in [0.05, 0.1) is 14.2 Å². The van der Waals surface area contributed by atoms with Crippen LogP contribution in [0.15, 0.2) is 24.3 Å². The van der Waals surface area contributed by atoms with Gasteiger partial charge in [0, 0.05) is 19.2 Å². The summed E-state index contributed by atoms with van der Waals surface area (Å²) in [6, 6.07) is 7.92. The Morgan fingerprint density at radius 1 is 1.26 bits per heavy atom. The molecule has 0 aliphatic rings. The van der Waals surface area contributed by atoms with Crippen molar-refractivity contribution in [1.29, 1.82) is 0 Å². The number of para-hydroxylation sites is 1. The Kier molecular flexibility index (Phi) is 4.11. The summed E-state index contributed by atoms with van der Waals surface area (Å²) in [5.41, 5.74) is 6.86. The second kappa shape index (κ2) is 5.79. The highest BCUT2D eigenvalue weighted by Crippen LogP contribution is 2.38. The van der Waals surface area contributed by atoms with Crippen molar-refractivity contribution in [1.82, 2.24) is 4.37 Å². The van der Waals surface area contributed by atoms with Crippen LogP contribution in [0.4, 0.5) is 10.8 Å². The van der Waals surface area contributed by atoms with Crippen molar-refractivity contribution in [2.75, 3.05) is 31.9 Å². The molecular formula is C13H17N3O2S. The molecule has 0 saturated carbocycles. The maximum absolute atomic E-state index is 5.76. The third-order valence-electron chi connectivity index (χ3n) is 2.81. The molecule has 2 N–H and O–H groups in total. The van der Waals surface area contributed by atoms with Gasteiger partial charge in [0.2, 0.25) is 0 Å². The van der Waals surface area contributed by atoms with Crippen LogP contribution in [0, 0.1) is 0 Å². The number of benzene rings is 1. The van der Waals surface area contributed by atoms with E-state index in [2.05, 4.69) is 4.37 Å². The van der Waals surface area contributed by atoms with Gasteiger partial charge >= 0.3 is 0 Å². The van der Waals surface area contributed by atoms with Gasteiger partial charge in [-0.15, -0.1) is 0 Å². The predicted octanol–water partition coefficient (Wildman–Crippen LogP) is 2.38. The van der Waals surface area contributed by atoms with Gasteiger partial charge in [-0.05, 0) is 17.6 Å². The summed E-state index contributed by atoms with van der Waals surface area (Å²) in [5, 5.41) is 0.908. The third-order valence-corrected chi connectivity index (χ3v) is 3.77. The summed E-state index contributed by atoms with van der Waals surface area (Å²) in [7, 11) is 5.24. The zero-order valence-electron chi connectivity index (χ0n) is 11.2. The molecule has 19 heavy (non-hydrogen) atoms. The highest BCUT2D eigenvalue weighted by Gasteiger charge is 2.17. The molecule has 5 nitrogen and oxygen atoms in total. The normalized spacial score (nSPS) is 10.3. The number of hydrogen-bond acceptors (Lipinski definition) is 6. The first-order valence-corrected chi connectivity index (χ1v) is 6.57. The zero-order chi connectivity index (χ0) is 13.8. The monoisotopic (exact) mass is 279 g/mol. The molecule has 0 aliphatic carbocycles. The fourth-order valence-electron chi connectivity index (χ4n) is 1.88. The molecule has 0 saturated heterocycles. The van der Waals surface area contributed by atoms with E-state index < -0.39 is 0 Å². The summed E-state index contributed by atoms with van der Waals surface area (Å²) in [5.74, 6) is 1.92. The largest absolute Gasteiger partial charge is 0.496 e. The molecule has 0 amide bonds. The van der Waals surface area contributed by atoms with E-state index >= 15 is 0 Å². The fraction of sp³-hybridized carbons (Fsp3) is 0.308. The molecule has 2 rings (SSSR count). The fourth-order valence-corrected chi connectivity index (χ4v) is 2.62. The predicted molar refractivity (Wildman–Crippen MR) is 78.2 cm³/mol. The summed E-state index contributed by atoms with van der Waals surface area (Å²) in [4.78, 5) is 2.05. The van der Waals surface area contributed by atoms with Crippen LogP contribution in [0.3, 0.4) is 0 Å². The number of hydrogen-bond donors (Lipinski definition) is 1. The van der Waals surface area contributed by atoms with Crippen molar-refractivity contribution in [3.8, 4) is 11.5 Å². The van der Waals surface area contributed by atoms with Crippen molar-refractivity contribution in [2.24, 2.45) is 0 Å². The Labute approximate surface area is 116 Å². The smallest absolute Gasteiger partial charge is 0.197 e. The Morgan fingerprint density at radius 3 is 2.68 bits per heavy atom. The Bertz CT molecular complexity index is 557. The highest BCUT2D eigenvalue weighted by atomic mass is 32.1. The average molecular weight is 279 g/mol. The van der Waals surface area contributed by atoms with E-state index in [0.717, 1.165) is 16.3 Å². The lowest BCUT2D eigenvalue weighted by molar-refractivity contribution is 0.408. The molecule has 0 bridgehead atoms. The number of rotatable bonds is 5. The molecule has 1 heterocycles. The van der Waals surface area contributed by atoms with Crippen molar-refractivity contribution < 1.29 is 9.47 Å². The van der Waals surface area contributed by atoms with Gasteiger partial charge in [0.15, 0.2) is 16.6 Å². The van der Waals surface area contributed by atoms with Crippen LogP contribution in [0.5, 0.6) is 11.5 Å². The van der Waals surface area contributed by atoms with Gasteiger partial charge in [-0.3, -0.25) is 0 Å². The van der Waals surface area contributed by atoms with Crippen LogP contribution >= 0.6 is 11.5 Å². The molecule has 0 atom stereocenters. The molecule has 1 aromatic heterocycles. The molecule has 0 aliphatic heterocycles. The van der Waals surface area contributed by atoms with Crippen LogP contribution in [0.25, 0.3) is 0 Å². The maximum Gasteiger partial charge on any atom is 0.197 e. The zero-order valence-corrected chi connectivity index (χ0v) is 12.0. The third kappa shape index (κ3) is 2.73. The van der Waals surface area contributed by atoms with E-state index in [-0.39, 0.29) is 0 Å². The van der Waals surface area contributed by atoms with Gasteiger partial charge in [-0.2, -0.15) is 4.37 Å². The van der Waals surface area contributed by atoms with E-state index in [9.17, 15) is 0 Å². The minimum Gasteiger partial charge on any atom is -0.496 e. The molecule has 102 valence electrons. The number of nitrogens with two attached hydrogens (primary N) is 1. The second-order valence-electron chi connectivity index (χ2n) is 4.07. The van der Waals surface area contributed by atoms with Crippen molar-refractivity contribution >= 4 is 22.4 Å². The average Bonchev–Trinajstić information content (AvgIpc) is 2.80. The molecule has 0 spiro atoms. The van der Waals surface area contributed by atoms with E-state index in [0.29, 0.717) is 18.1 Å². The van der Waals surface area contributed by atoms with Crippen LogP contribution in [0.1, 0.15) is 5.56 Å². The van der Waals surface area contributed by atoms with E-state index in [1.165, 1.54) is 11.5 Å². The first kappa shape index (κ1) is 13.5. The van der Waals surface area contributed by atoms with E-state index in [4.69, 9.17) is 15.2 Å². The van der Waals surface area contributed by atoms with Crippen molar-refractivity contribution in [3.63, 3.8) is 0 Å². The minimum absolute atomic E-state index is 0.425. The Hall–Kier alpha value is -1.95. The van der Waals surface area contributed by atoms with Crippen molar-refractivity contribution in [3.05, 3.63) is 29.8 Å². The van der Waals surface area contributed by atoms with Gasteiger partial charge < -0.3 is 20.1 Å². The standard InChI is InChI=1S/C13H17N3O2S/c1-16(13-11(18-3)12(14)15-19-13)8-9-6-4-5-7-10(9)17-2/h4-7H,8H2,1-3H3,(H2,14,15).